The highest BCUT2D eigenvalue weighted by Gasteiger charge is 2.22. The zero-order chi connectivity index (χ0) is 19.3. The zero-order valence-corrected chi connectivity index (χ0v) is 15.9. The summed E-state index contributed by atoms with van der Waals surface area (Å²) in [4.78, 5) is 12.7. The van der Waals surface area contributed by atoms with Gasteiger partial charge in [0, 0.05) is 12.6 Å². The van der Waals surface area contributed by atoms with Crippen molar-refractivity contribution >= 4 is 26.9 Å². The molecule has 1 aliphatic rings. The van der Waals surface area contributed by atoms with E-state index in [-0.39, 0.29) is 12.6 Å². The topological polar surface area (TPSA) is 95.5 Å². The number of hydrogen-bond acceptors (Lipinski definition) is 6. The lowest BCUT2D eigenvalue weighted by Gasteiger charge is -2.26. The minimum atomic E-state index is -4.51. The maximum Gasteiger partial charge on any atom is 0.339 e. The van der Waals surface area contributed by atoms with E-state index in [2.05, 4.69) is 5.32 Å². The van der Waals surface area contributed by atoms with Gasteiger partial charge in [-0.1, -0.05) is 55.7 Å². The Morgan fingerprint density at radius 2 is 1.81 bits per heavy atom. The minimum Gasteiger partial charge on any atom is -0.748 e. The first-order chi connectivity index (χ1) is 12.9. The van der Waals surface area contributed by atoms with Crippen LogP contribution in [0.3, 0.4) is 0 Å². The minimum absolute atomic E-state index is 0.155. The maximum absolute atomic E-state index is 12.7. The second kappa shape index (κ2) is 8.82. The summed E-state index contributed by atoms with van der Waals surface area (Å²) in [6.07, 6.45) is 4.45. The molecule has 1 N–H and O–H groups in total. The molecule has 6 nitrogen and oxygen atoms in total. The molecule has 1 unspecified atom stereocenters. The Balaban J connectivity index is 1.72. The van der Waals surface area contributed by atoms with Crippen LogP contribution in [0.4, 0.5) is 0 Å². The fraction of sp³-hybridized carbons (Fsp3) is 0.450. The molecule has 2 aromatic rings. The molecule has 1 atom stereocenters. The largest absolute Gasteiger partial charge is 0.748 e. The maximum atomic E-state index is 12.7. The summed E-state index contributed by atoms with van der Waals surface area (Å²) in [5.74, 6) is -1.35. The molecule has 0 saturated heterocycles. The smallest absolute Gasteiger partial charge is 0.339 e. The second-order valence-electron chi connectivity index (χ2n) is 7.02. The summed E-state index contributed by atoms with van der Waals surface area (Å²) >= 11 is 0. The fourth-order valence-electron chi connectivity index (χ4n) is 3.59. The molecule has 0 amide bonds. The molecule has 1 fully saturated rings. The van der Waals surface area contributed by atoms with Crippen LogP contribution in [0.25, 0.3) is 10.8 Å². The van der Waals surface area contributed by atoms with Gasteiger partial charge in [0.1, 0.15) is 6.10 Å². The van der Waals surface area contributed by atoms with Crippen LogP contribution >= 0.6 is 0 Å². The van der Waals surface area contributed by atoms with Gasteiger partial charge in [-0.05, 0) is 29.7 Å². The van der Waals surface area contributed by atoms with Crippen LogP contribution in [0, 0.1) is 0 Å². The van der Waals surface area contributed by atoms with Crippen LogP contribution in [0.15, 0.2) is 42.5 Å². The summed E-state index contributed by atoms with van der Waals surface area (Å²) in [6, 6.07) is 12.9. The lowest BCUT2D eigenvalue weighted by molar-refractivity contribution is 0.0340. The van der Waals surface area contributed by atoms with Crippen molar-refractivity contribution in [3.05, 3.63) is 48.0 Å². The molecule has 0 bridgehead atoms. The Morgan fingerprint density at radius 1 is 1.11 bits per heavy atom. The summed E-state index contributed by atoms with van der Waals surface area (Å²) in [5.41, 5.74) is 0.360. The van der Waals surface area contributed by atoms with Gasteiger partial charge in [0.05, 0.1) is 21.4 Å². The van der Waals surface area contributed by atoms with Crippen molar-refractivity contribution in [1.29, 1.82) is 0 Å². The third kappa shape index (κ3) is 5.76. The number of benzene rings is 2. The lowest BCUT2D eigenvalue weighted by Crippen LogP contribution is -2.41. The van der Waals surface area contributed by atoms with E-state index < -0.39 is 27.9 Å². The molecule has 0 spiro atoms. The lowest BCUT2D eigenvalue weighted by atomic mass is 9.95. The van der Waals surface area contributed by atoms with Crippen LogP contribution in [0.5, 0.6) is 0 Å². The quantitative estimate of drug-likeness (QED) is 0.577. The third-order valence-electron chi connectivity index (χ3n) is 4.91. The molecular weight excluding hydrogens is 366 g/mol. The number of carbonyl (C=O) groups is 1. The number of fused-ring (bicyclic) bond motifs is 1. The van der Waals surface area contributed by atoms with E-state index in [1.165, 1.54) is 6.42 Å². The van der Waals surface area contributed by atoms with Crippen LogP contribution in [-0.4, -0.2) is 43.4 Å². The van der Waals surface area contributed by atoms with E-state index in [9.17, 15) is 17.8 Å². The van der Waals surface area contributed by atoms with Crippen molar-refractivity contribution in [2.75, 3.05) is 12.3 Å². The van der Waals surface area contributed by atoms with E-state index in [1.807, 2.05) is 30.3 Å². The Kier molecular flexibility index (Phi) is 6.46. The van der Waals surface area contributed by atoms with Crippen molar-refractivity contribution in [3.8, 4) is 0 Å². The van der Waals surface area contributed by atoms with Gasteiger partial charge in [0.2, 0.25) is 0 Å². The Morgan fingerprint density at radius 3 is 2.56 bits per heavy atom. The fourth-order valence-corrected chi connectivity index (χ4v) is 4.23. The molecule has 0 aliphatic heterocycles. The van der Waals surface area contributed by atoms with Crippen molar-refractivity contribution in [1.82, 2.24) is 5.32 Å². The molecular formula is C20H24NO5S-. The summed E-state index contributed by atoms with van der Waals surface area (Å²) in [7, 11) is -4.51. The van der Waals surface area contributed by atoms with Crippen molar-refractivity contribution in [3.63, 3.8) is 0 Å². The molecule has 0 aromatic heterocycles. The predicted molar refractivity (Wildman–Crippen MR) is 103 cm³/mol. The monoisotopic (exact) mass is 390 g/mol. The predicted octanol–water partition coefficient (Wildman–Crippen LogP) is 2.83. The molecule has 0 heterocycles. The molecule has 146 valence electrons. The molecule has 27 heavy (non-hydrogen) atoms. The van der Waals surface area contributed by atoms with E-state index in [1.54, 1.807) is 12.1 Å². The van der Waals surface area contributed by atoms with Gasteiger partial charge in [-0.3, -0.25) is 0 Å². The standard InChI is InChI=1S/C20H25NO5S/c22-20(19-12-6-8-15-7-4-5-11-18(15)19)26-17(14-27(23,24)25)13-21-16-9-2-1-3-10-16/h4-8,11-12,16-17,21H,1-3,9-10,13-14H2,(H,23,24,25)/p-1. The molecule has 1 saturated carbocycles. The van der Waals surface area contributed by atoms with Gasteiger partial charge in [-0.25, -0.2) is 13.2 Å². The van der Waals surface area contributed by atoms with Crippen LogP contribution in [0.1, 0.15) is 42.5 Å². The van der Waals surface area contributed by atoms with Crippen LogP contribution < -0.4 is 5.32 Å². The van der Waals surface area contributed by atoms with Crippen molar-refractivity contribution in [2.24, 2.45) is 0 Å². The van der Waals surface area contributed by atoms with E-state index in [0.29, 0.717) is 5.56 Å². The summed E-state index contributed by atoms with van der Waals surface area (Å²) in [6.45, 7) is 0.155. The number of ether oxygens (including phenoxy) is 1. The number of hydrogen-bond donors (Lipinski definition) is 1. The van der Waals surface area contributed by atoms with Crippen molar-refractivity contribution in [2.45, 2.75) is 44.2 Å². The molecule has 3 rings (SSSR count). The second-order valence-corrected chi connectivity index (χ2v) is 8.47. The number of carbonyl (C=O) groups excluding carboxylic acids is 1. The van der Waals surface area contributed by atoms with Gasteiger partial charge in [0.25, 0.3) is 0 Å². The first-order valence-electron chi connectivity index (χ1n) is 9.28. The van der Waals surface area contributed by atoms with Gasteiger partial charge in [-0.15, -0.1) is 0 Å². The van der Waals surface area contributed by atoms with Crippen molar-refractivity contribution < 1.29 is 22.5 Å². The molecule has 2 aromatic carbocycles. The normalized spacial score (nSPS) is 16.9. The zero-order valence-electron chi connectivity index (χ0n) is 15.1. The number of rotatable bonds is 7. The molecule has 1 aliphatic carbocycles. The Bertz CT molecular complexity index is 885. The van der Waals surface area contributed by atoms with E-state index >= 15 is 0 Å². The van der Waals surface area contributed by atoms with E-state index in [0.717, 1.165) is 36.5 Å². The number of esters is 1. The third-order valence-corrected chi connectivity index (χ3v) is 5.69. The highest BCUT2D eigenvalue weighted by atomic mass is 32.2. The average Bonchev–Trinajstić information content (AvgIpc) is 2.65. The van der Waals surface area contributed by atoms with Gasteiger partial charge < -0.3 is 14.6 Å². The van der Waals surface area contributed by atoms with Gasteiger partial charge in [-0.2, -0.15) is 0 Å². The van der Waals surface area contributed by atoms with Crippen LogP contribution in [-0.2, 0) is 14.9 Å². The average molecular weight is 390 g/mol. The van der Waals surface area contributed by atoms with Gasteiger partial charge >= 0.3 is 5.97 Å². The van der Waals surface area contributed by atoms with Gasteiger partial charge in [0.15, 0.2) is 0 Å². The molecule has 7 heteroatoms. The Labute approximate surface area is 159 Å². The highest BCUT2D eigenvalue weighted by Crippen LogP contribution is 2.20. The number of nitrogens with one attached hydrogen (secondary N) is 1. The van der Waals surface area contributed by atoms with E-state index in [4.69, 9.17) is 4.74 Å². The Hall–Kier alpha value is -1.96. The van der Waals surface area contributed by atoms with Crippen LogP contribution in [0.2, 0.25) is 0 Å². The first-order valence-corrected chi connectivity index (χ1v) is 10.9. The summed E-state index contributed by atoms with van der Waals surface area (Å²) < 4.78 is 39.2. The summed E-state index contributed by atoms with van der Waals surface area (Å²) in [5, 5.41) is 4.88. The highest BCUT2D eigenvalue weighted by molar-refractivity contribution is 7.85. The SMILES string of the molecule is O=C(OC(CNC1CCCCC1)CS(=O)(=O)[O-])c1cccc2ccccc12. The molecule has 0 radical (unpaired) electrons. The first kappa shape index (κ1) is 19.8.